The smallest absolute Gasteiger partial charge is 0.339 e. The van der Waals surface area contributed by atoms with Gasteiger partial charge in [0.25, 0.3) is 0 Å². The molecule has 138 valence electrons. The number of esters is 1. The number of ether oxygens (including phenoxy) is 2. The highest BCUT2D eigenvalue weighted by Crippen LogP contribution is 2.30. The SMILES string of the molecule is COC(=O)c1ccccc1NC(=O)Cc1c(OC)ccc2cc(Br)ccc12. The van der Waals surface area contributed by atoms with E-state index in [1.807, 2.05) is 30.3 Å². The summed E-state index contributed by atoms with van der Waals surface area (Å²) >= 11 is 3.46. The van der Waals surface area contributed by atoms with Gasteiger partial charge in [-0.25, -0.2) is 4.79 Å². The first kappa shape index (κ1) is 18.9. The first-order chi connectivity index (χ1) is 13.0. The Labute approximate surface area is 165 Å². The molecule has 1 N–H and O–H groups in total. The highest BCUT2D eigenvalue weighted by molar-refractivity contribution is 9.10. The quantitative estimate of drug-likeness (QED) is 0.605. The van der Waals surface area contributed by atoms with Gasteiger partial charge in [-0.15, -0.1) is 0 Å². The standard InChI is InChI=1S/C21H18BrNO4/c1-26-19-10-7-13-11-14(22)8-9-15(13)17(19)12-20(24)23-18-6-4-3-5-16(18)21(25)27-2/h3-11H,12H2,1-2H3,(H,23,24). The molecule has 3 aromatic rings. The normalized spacial score (nSPS) is 10.5. The maximum Gasteiger partial charge on any atom is 0.339 e. The van der Waals surface area contributed by atoms with E-state index in [-0.39, 0.29) is 12.3 Å². The predicted octanol–water partition coefficient (Wildman–Crippen LogP) is 4.58. The number of anilines is 1. The number of hydrogen-bond donors (Lipinski definition) is 1. The van der Waals surface area contributed by atoms with Gasteiger partial charge >= 0.3 is 5.97 Å². The average molecular weight is 428 g/mol. The molecular weight excluding hydrogens is 410 g/mol. The maximum atomic E-state index is 12.7. The fourth-order valence-electron chi connectivity index (χ4n) is 2.95. The van der Waals surface area contributed by atoms with Gasteiger partial charge in [0.2, 0.25) is 5.91 Å². The zero-order chi connectivity index (χ0) is 19.4. The van der Waals surface area contributed by atoms with E-state index in [9.17, 15) is 9.59 Å². The molecule has 5 nitrogen and oxygen atoms in total. The highest BCUT2D eigenvalue weighted by atomic mass is 79.9. The molecule has 0 saturated heterocycles. The minimum Gasteiger partial charge on any atom is -0.496 e. The zero-order valence-corrected chi connectivity index (χ0v) is 16.5. The highest BCUT2D eigenvalue weighted by Gasteiger charge is 2.16. The van der Waals surface area contributed by atoms with Crippen LogP contribution in [0.25, 0.3) is 10.8 Å². The topological polar surface area (TPSA) is 64.6 Å². The Morgan fingerprint density at radius 2 is 1.81 bits per heavy atom. The van der Waals surface area contributed by atoms with Crippen molar-refractivity contribution in [3.05, 3.63) is 70.2 Å². The molecular formula is C21H18BrNO4. The largest absolute Gasteiger partial charge is 0.496 e. The van der Waals surface area contributed by atoms with E-state index in [1.54, 1.807) is 31.4 Å². The van der Waals surface area contributed by atoms with E-state index in [1.165, 1.54) is 7.11 Å². The molecule has 0 saturated carbocycles. The number of methoxy groups -OCH3 is 2. The van der Waals surface area contributed by atoms with Gasteiger partial charge in [-0.05, 0) is 41.1 Å². The van der Waals surface area contributed by atoms with Crippen molar-refractivity contribution in [3.63, 3.8) is 0 Å². The van der Waals surface area contributed by atoms with Gasteiger partial charge in [-0.1, -0.05) is 40.2 Å². The fraction of sp³-hybridized carbons (Fsp3) is 0.143. The van der Waals surface area contributed by atoms with Crippen LogP contribution in [0.2, 0.25) is 0 Å². The van der Waals surface area contributed by atoms with Crippen molar-refractivity contribution in [3.8, 4) is 5.75 Å². The number of rotatable bonds is 5. The summed E-state index contributed by atoms with van der Waals surface area (Å²) in [6.45, 7) is 0. The number of nitrogens with one attached hydrogen (secondary N) is 1. The van der Waals surface area contributed by atoms with Crippen molar-refractivity contribution in [2.45, 2.75) is 6.42 Å². The molecule has 0 heterocycles. The maximum absolute atomic E-state index is 12.7. The lowest BCUT2D eigenvalue weighted by Crippen LogP contribution is -2.17. The molecule has 0 aliphatic rings. The number of hydrogen-bond acceptors (Lipinski definition) is 4. The molecule has 1 amide bonds. The summed E-state index contributed by atoms with van der Waals surface area (Å²) in [5.41, 5.74) is 1.51. The van der Waals surface area contributed by atoms with Crippen molar-refractivity contribution in [2.24, 2.45) is 0 Å². The van der Waals surface area contributed by atoms with Crippen molar-refractivity contribution in [2.75, 3.05) is 19.5 Å². The summed E-state index contributed by atoms with van der Waals surface area (Å²) in [5, 5.41) is 4.74. The van der Waals surface area contributed by atoms with Gasteiger partial charge in [-0.3, -0.25) is 4.79 Å². The van der Waals surface area contributed by atoms with E-state index in [2.05, 4.69) is 21.2 Å². The minimum absolute atomic E-state index is 0.109. The molecule has 0 aliphatic heterocycles. The second-order valence-electron chi connectivity index (χ2n) is 5.87. The van der Waals surface area contributed by atoms with Crippen LogP contribution in [-0.4, -0.2) is 26.1 Å². The Kier molecular flexibility index (Phi) is 5.76. The lowest BCUT2D eigenvalue weighted by Gasteiger charge is -2.14. The van der Waals surface area contributed by atoms with Gasteiger partial charge < -0.3 is 14.8 Å². The third-order valence-corrected chi connectivity index (χ3v) is 4.71. The summed E-state index contributed by atoms with van der Waals surface area (Å²) < 4.78 is 11.2. The van der Waals surface area contributed by atoms with Crippen molar-refractivity contribution < 1.29 is 19.1 Å². The number of fused-ring (bicyclic) bond motifs is 1. The van der Waals surface area contributed by atoms with Gasteiger partial charge in [0, 0.05) is 10.0 Å². The Morgan fingerprint density at radius 3 is 2.56 bits per heavy atom. The second kappa shape index (κ2) is 8.22. The second-order valence-corrected chi connectivity index (χ2v) is 6.79. The number of para-hydroxylation sites is 1. The van der Waals surface area contributed by atoms with Crippen LogP contribution >= 0.6 is 15.9 Å². The molecule has 0 aromatic heterocycles. The summed E-state index contributed by atoms with van der Waals surface area (Å²) in [5.74, 6) is -0.111. The fourth-order valence-corrected chi connectivity index (χ4v) is 3.33. The third kappa shape index (κ3) is 4.11. The molecule has 0 radical (unpaired) electrons. The predicted molar refractivity (Wildman–Crippen MR) is 108 cm³/mol. The van der Waals surface area contributed by atoms with Crippen LogP contribution in [0.5, 0.6) is 5.75 Å². The molecule has 0 fully saturated rings. The minimum atomic E-state index is -0.501. The van der Waals surface area contributed by atoms with Crippen LogP contribution in [0.4, 0.5) is 5.69 Å². The summed E-state index contributed by atoms with van der Waals surface area (Å²) in [7, 11) is 2.88. The first-order valence-electron chi connectivity index (χ1n) is 8.26. The first-order valence-corrected chi connectivity index (χ1v) is 9.05. The van der Waals surface area contributed by atoms with Crippen molar-refractivity contribution in [1.82, 2.24) is 0 Å². The van der Waals surface area contributed by atoms with Gasteiger partial charge in [0.1, 0.15) is 5.75 Å². The summed E-state index contributed by atoms with van der Waals surface area (Å²) in [4.78, 5) is 24.6. The van der Waals surface area contributed by atoms with E-state index >= 15 is 0 Å². The van der Waals surface area contributed by atoms with Gasteiger partial charge in [0.05, 0.1) is 31.9 Å². The van der Waals surface area contributed by atoms with E-state index < -0.39 is 5.97 Å². The Morgan fingerprint density at radius 1 is 1.04 bits per heavy atom. The molecule has 0 atom stereocenters. The molecule has 0 bridgehead atoms. The van der Waals surface area contributed by atoms with E-state index in [0.29, 0.717) is 17.0 Å². The molecule has 27 heavy (non-hydrogen) atoms. The Bertz CT molecular complexity index is 1020. The molecule has 6 heteroatoms. The zero-order valence-electron chi connectivity index (χ0n) is 14.9. The Hall–Kier alpha value is -2.86. The van der Waals surface area contributed by atoms with Crippen LogP contribution < -0.4 is 10.1 Å². The molecule has 0 aliphatic carbocycles. The van der Waals surface area contributed by atoms with Crippen molar-refractivity contribution in [1.29, 1.82) is 0 Å². The van der Waals surface area contributed by atoms with Crippen LogP contribution in [-0.2, 0) is 16.0 Å². The lowest BCUT2D eigenvalue weighted by molar-refractivity contribution is -0.115. The Balaban J connectivity index is 1.92. The van der Waals surface area contributed by atoms with Crippen LogP contribution in [0, 0.1) is 0 Å². The number of carbonyl (C=O) groups is 2. The average Bonchev–Trinajstić information content (AvgIpc) is 2.67. The number of benzene rings is 3. The van der Waals surface area contributed by atoms with Gasteiger partial charge in [0.15, 0.2) is 0 Å². The lowest BCUT2D eigenvalue weighted by atomic mass is 10.0. The number of halogens is 1. The third-order valence-electron chi connectivity index (χ3n) is 4.21. The molecule has 0 unspecified atom stereocenters. The number of carbonyl (C=O) groups excluding carboxylic acids is 2. The van der Waals surface area contributed by atoms with Crippen LogP contribution in [0.1, 0.15) is 15.9 Å². The van der Waals surface area contributed by atoms with Gasteiger partial charge in [-0.2, -0.15) is 0 Å². The monoisotopic (exact) mass is 427 g/mol. The molecule has 3 aromatic carbocycles. The number of amides is 1. The van der Waals surface area contributed by atoms with Crippen LogP contribution in [0.15, 0.2) is 59.1 Å². The van der Waals surface area contributed by atoms with E-state index in [4.69, 9.17) is 9.47 Å². The summed E-state index contributed by atoms with van der Waals surface area (Å²) in [6, 6.07) is 16.4. The van der Waals surface area contributed by atoms with Crippen molar-refractivity contribution >= 4 is 44.3 Å². The molecule has 3 rings (SSSR count). The molecule has 0 spiro atoms. The van der Waals surface area contributed by atoms with E-state index in [0.717, 1.165) is 20.8 Å². The summed E-state index contributed by atoms with van der Waals surface area (Å²) in [6.07, 6.45) is 0.109. The van der Waals surface area contributed by atoms with Crippen LogP contribution in [0.3, 0.4) is 0 Å².